The Morgan fingerprint density at radius 1 is 1.09 bits per heavy atom. The number of rotatable bonds is 3. The molecule has 32 heavy (non-hydrogen) atoms. The number of aliphatic hydroxyl groups excluding tert-OH is 1. The average molecular weight is 437 g/mol. The maximum Gasteiger partial charge on any atom is 0.250 e. The van der Waals surface area contributed by atoms with Crippen LogP contribution >= 0.6 is 0 Å². The van der Waals surface area contributed by atoms with E-state index < -0.39 is 53.1 Å². The third-order valence-electron chi connectivity index (χ3n) is 7.22. The summed E-state index contributed by atoms with van der Waals surface area (Å²) < 4.78 is 13.3. The van der Waals surface area contributed by atoms with Crippen LogP contribution in [0.5, 0.6) is 0 Å². The lowest BCUT2D eigenvalue weighted by molar-refractivity contribution is -0.143. The second kappa shape index (κ2) is 6.95. The molecule has 3 aliphatic heterocycles. The molecule has 7 nitrogen and oxygen atoms in total. The van der Waals surface area contributed by atoms with Crippen LogP contribution in [0.15, 0.2) is 36.4 Å². The van der Waals surface area contributed by atoms with Crippen LogP contribution in [0.2, 0.25) is 0 Å². The van der Waals surface area contributed by atoms with E-state index in [0.29, 0.717) is 16.8 Å². The number of nitrogens with zero attached hydrogens (tertiary/aromatic N) is 1. The predicted octanol–water partition coefficient (Wildman–Crippen LogP) is 1.74. The van der Waals surface area contributed by atoms with E-state index in [2.05, 4.69) is 10.6 Å². The molecule has 0 aliphatic carbocycles. The van der Waals surface area contributed by atoms with E-state index in [9.17, 15) is 23.9 Å². The van der Waals surface area contributed by atoms with Gasteiger partial charge in [0.25, 0.3) is 0 Å². The number of benzene rings is 2. The standard InChI is InChI=1S/C24H24FN3O4/c1-11-4-9-16-19(12(11)2)26-23(32)24(16)18-17(20(27-24)13(3)29)21(30)28(22(18)31)10-14-5-7-15(25)8-6-14/h4-9,13,17-18,20,27,29H,10H2,1-3H3,(H,26,32)/t13-,17-,18-,20+,24+/m0/s1. The fourth-order valence-corrected chi connectivity index (χ4v) is 5.45. The Balaban J connectivity index is 1.62. The van der Waals surface area contributed by atoms with Crippen LogP contribution in [-0.4, -0.2) is 39.9 Å². The van der Waals surface area contributed by atoms with E-state index in [1.165, 1.54) is 24.3 Å². The number of imide groups is 1. The van der Waals surface area contributed by atoms with Crippen molar-refractivity contribution in [2.45, 2.75) is 45.0 Å². The molecule has 3 amide bonds. The quantitative estimate of drug-likeness (QED) is 0.636. The van der Waals surface area contributed by atoms with Gasteiger partial charge in [-0.1, -0.05) is 24.3 Å². The highest BCUT2D eigenvalue weighted by molar-refractivity contribution is 6.15. The van der Waals surface area contributed by atoms with Crippen LogP contribution in [0.3, 0.4) is 0 Å². The lowest BCUT2D eigenvalue weighted by atomic mass is 9.76. The Bertz CT molecular complexity index is 1160. The van der Waals surface area contributed by atoms with Crippen molar-refractivity contribution in [1.82, 2.24) is 10.2 Å². The zero-order chi connectivity index (χ0) is 22.9. The third kappa shape index (κ3) is 2.63. The van der Waals surface area contributed by atoms with E-state index in [1.54, 1.807) is 6.92 Å². The summed E-state index contributed by atoms with van der Waals surface area (Å²) in [7, 11) is 0. The maximum absolute atomic E-state index is 13.6. The van der Waals surface area contributed by atoms with Gasteiger partial charge < -0.3 is 10.4 Å². The van der Waals surface area contributed by atoms with Crippen LogP contribution < -0.4 is 10.6 Å². The van der Waals surface area contributed by atoms with Crippen molar-refractivity contribution >= 4 is 23.4 Å². The Kier molecular flexibility index (Phi) is 4.51. The number of carbonyl (C=O) groups is 3. The number of carbonyl (C=O) groups excluding carboxylic acids is 3. The summed E-state index contributed by atoms with van der Waals surface area (Å²) in [6, 6.07) is 8.52. The SMILES string of the molecule is Cc1ccc2c(c1C)NC(=O)[C@@]21N[C@H]([C@H](C)O)[C@H]2C(=O)N(Cc3ccc(F)cc3)C(=O)[C@H]21. The molecule has 3 aliphatic rings. The van der Waals surface area contributed by atoms with Crippen molar-refractivity contribution in [2.75, 3.05) is 5.32 Å². The summed E-state index contributed by atoms with van der Waals surface area (Å²) in [5.74, 6) is -3.60. The van der Waals surface area contributed by atoms with Crippen molar-refractivity contribution in [1.29, 1.82) is 0 Å². The van der Waals surface area contributed by atoms with Crippen LogP contribution in [0.25, 0.3) is 0 Å². The van der Waals surface area contributed by atoms with Gasteiger partial charge >= 0.3 is 0 Å². The van der Waals surface area contributed by atoms with Gasteiger partial charge in [-0.05, 0) is 49.6 Å². The topological polar surface area (TPSA) is 98.7 Å². The van der Waals surface area contributed by atoms with Gasteiger partial charge in [-0.2, -0.15) is 0 Å². The minimum atomic E-state index is -1.44. The number of halogens is 1. The minimum absolute atomic E-state index is 0.0189. The molecule has 3 heterocycles. The van der Waals surface area contributed by atoms with Gasteiger partial charge in [0.15, 0.2) is 0 Å². The highest BCUT2D eigenvalue weighted by Crippen LogP contribution is 2.54. The largest absolute Gasteiger partial charge is 0.392 e. The second-order valence-electron chi connectivity index (χ2n) is 9.00. The Morgan fingerprint density at radius 3 is 2.44 bits per heavy atom. The van der Waals surface area contributed by atoms with Gasteiger partial charge in [-0.3, -0.25) is 24.6 Å². The molecule has 0 radical (unpaired) electrons. The molecule has 2 aromatic carbocycles. The monoisotopic (exact) mass is 437 g/mol. The van der Waals surface area contributed by atoms with Crippen molar-refractivity contribution in [3.05, 3.63) is 64.5 Å². The zero-order valence-electron chi connectivity index (χ0n) is 18.0. The molecule has 8 heteroatoms. The van der Waals surface area contributed by atoms with E-state index >= 15 is 0 Å². The first kappa shape index (κ1) is 20.8. The lowest BCUT2D eigenvalue weighted by Crippen LogP contribution is -2.54. The van der Waals surface area contributed by atoms with Gasteiger partial charge in [-0.15, -0.1) is 0 Å². The first-order chi connectivity index (χ1) is 15.2. The maximum atomic E-state index is 13.6. The van der Waals surface area contributed by atoms with E-state index in [4.69, 9.17) is 0 Å². The van der Waals surface area contributed by atoms with E-state index in [1.807, 2.05) is 26.0 Å². The number of likely N-dealkylation sites (tertiary alicyclic amines) is 1. The molecule has 0 saturated carbocycles. The summed E-state index contributed by atoms with van der Waals surface area (Å²) in [6.07, 6.45) is -0.965. The van der Waals surface area contributed by atoms with Gasteiger partial charge in [0.1, 0.15) is 11.4 Å². The molecule has 0 aromatic heterocycles. The highest BCUT2D eigenvalue weighted by atomic mass is 19.1. The first-order valence-electron chi connectivity index (χ1n) is 10.6. The number of hydrogen-bond acceptors (Lipinski definition) is 5. The van der Waals surface area contributed by atoms with Crippen molar-refractivity contribution in [3.8, 4) is 0 Å². The minimum Gasteiger partial charge on any atom is -0.392 e. The second-order valence-corrected chi connectivity index (χ2v) is 9.00. The van der Waals surface area contributed by atoms with Gasteiger partial charge in [0.05, 0.1) is 24.5 Å². The smallest absolute Gasteiger partial charge is 0.250 e. The van der Waals surface area contributed by atoms with Crippen molar-refractivity contribution in [3.63, 3.8) is 0 Å². The summed E-state index contributed by atoms with van der Waals surface area (Å²) >= 11 is 0. The predicted molar refractivity (Wildman–Crippen MR) is 114 cm³/mol. The number of aliphatic hydroxyl groups is 1. The molecule has 2 fully saturated rings. The van der Waals surface area contributed by atoms with Crippen LogP contribution in [0, 0.1) is 31.5 Å². The number of amides is 3. The lowest BCUT2D eigenvalue weighted by Gasteiger charge is -2.30. The molecular weight excluding hydrogens is 413 g/mol. The Hall–Kier alpha value is -3.10. The number of hydrogen-bond donors (Lipinski definition) is 3. The zero-order valence-corrected chi connectivity index (χ0v) is 18.0. The fraction of sp³-hybridized carbons (Fsp3) is 0.375. The summed E-state index contributed by atoms with van der Waals surface area (Å²) in [6.45, 7) is 5.36. The normalized spacial score (nSPS) is 29.5. The van der Waals surface area contributed by atoms with Gasteiger partial charge in [0, 0.05) is 17.3 Å². The molecule has 2 saturated heterocycles. The number of nitrogens with one attached hydrogen (secondary N) is 2. The Morgan fingerprint density at radius 2 is 1.78 bits per heavy atom. The first-order valence-corrected chi connectivity index (χ1v) is 10.6. The third-order valence-corrected chi connectivity index (χ3v) is 7.22. The summed E-state index contributed by atoms with van der Waals surface area (Å²) in [4.78, 5) is 41.6. The molecular formula is C24H24FN3O4. The van der Waals surface area contributed by atoms with Crippen LogP contribution in [0.1, 0.15) is 29.2 Å². The van der Waals surface area contributed by atoms with Crippen LogP contribution in [0.4, 0.5) is 10.1 Å². The number of fused-ring (bicyclic) bond motifs is 4. The Labute approximate surface area is 184 Å². The molecule has 166 valence electrons. The number of aryl methyl sites for hydroxylation is 1. The van der Waals surface area contributed by atoms with Gasteiger partial charge in [0.2, 0.25) is 17.7 Å². The molecule has 5 atom stereocenters. The van der Waals surface area contributed by atoms with Crippen molar-refractivity contribution < 1.29 is 23.9 Å². The number of anilines is 1. The van der Waals surface area contributed by atoms with Crippen molar-refractivity contribution in [2.24, 2.45) is 11.8 Å². The molecule has 3 N–H and O–H groups in total. The summed E-state index contributed by atoms with van der Waals surface area (Å²) in [5, 5.41) is 16.6. The molecule has 2 aromatic rings. The fourth-order valence-electron chi connectivity index (χ4n) is 5.45. The van der Waals surface area contributed by atoms with Crippen LogP contribution in [-0.2, 0) is 26.5 Å². The molecule has 0 bridgehead atoms. The molecule has 1 spiro atoms. The van der Waals surface area contributed by atoms with Gasteiger partial charge in [-0.25, -0.2) is 4.39 Å². The molecule has 5 rings (SSSR count). The summed E-state index contributed by atoms with van der Waals surface area (Å²) in [5.41, 5.74) is 2.32. The van der Waals surface area contributed by atoms with E-state index in [-0.39, 0.29) is 6.54 Å². The molecule has 0 unspecified atom stereocenters. The van der Waals surface area contributed by atoms with E-state index in [0.717, 1.165) is 16.0 Å². The highest BCUT2D eigenvalue weighted by Gasteiger charge is 2.71. The average Bonchev–Trinajstić information content (AvgIpc) is 3.34.